The van der Waals surface area contributed by atoms with Gasteiger partial charge in [-0.1, -0.05) is 115 Å². The van der Waals surface area contributed by atoms with Crippen molar-refractivity contribution in [3.8, 4) is 28.6 Å². The number of aromatic nitrogens is 7. The normalized spacial score (nSPS) is 14.1. The third kappa shape index (κ3) is 17.3. The molecule has 0 radical (unpaired) electrons. The van der Waals surface area contributed by atoms with Crippen molar-refractivity contribution < 1.29 is 77.8 Å². The summed E-state index contributed by atoms with van der Waals surface area (Å²) in [5.41, 5.74) is 10.1. The van der Waals surface area contributed by atoms with Gasteiger partial charge in [0.05, 0.1) is 73.0 Å². The number of anilines is 1. The van der Waals surface area contributed by atoms with Crippen LogP contribution in [-0.4, -0.2) is 128 Å². The highest BCUT2D eigenvalue weighted by Crippen LogP contribution is 2.42. The Hall–Kier alpha value is -10.1. The van der Waals surface area contributed by atoms with E-state index in [1.165, 1.54) is 42.5 Å². The van der Waals surface area contributed by atoms with E-state index in [1.807, 2.05) is 81.4 Å². The maximum atomic E-state index is 14.4. The molecule has 0 amide bonds. The first-order valence-electron chi connectivity index (χ1n) is 32.4. The number of carbonyl (C=O) groups excluding carboxylic acids is 3. The molecule has 3 aliphatic heterocycles. The Morgan fingerprint density at radius 1 is 0.796 bits per heavy atom. The SMILES string of the molecule is CCOC(=O)C1=NOC(c2ccccc2)(c2ccccc2)C1.CCS(=O)(=O)Nc1cc(-n2nc(C(F)(F)F)n(C)c2=O)c(F)cc1C(N)=S.CCc1cc(C)cc(CC)c1-c1c(OC(=O)C(C)(C)C)n2n(c1=O)CCOCC2.Cc1c(C(=O)c2cnn(C)c2O)ccc(S(C)(=O)=O)c1C1=NOCC1. The fourth-order valence-electron chi connectivity index (χ4n) is 11.4. The number of sulfonamides is 1. The Bertz CT molecular complexity index is 4910. The van der Waals surface area contributed by atoms with Gasteiger partial charge in [0.1, 0.15) is 34.2 Å². The molecule has 0 unspecified atom stereocenters. The summed E-state index contributed by atoms with van der Waals surface area (Å²) >= 11 is 4.73. The van der Waals surface area contributed by atoms with Gasteiger partial charge in [0.25, 0.3) is 5.56 Å². The van der Waals surface area contributed by atoms with Crippen LogP contribution in [0.25, 0.3) is 16.8 Å². The highest BCUT2D eigenvalue weighted by molar-refractivity contribution is 7.92. The highest BCUT2D eigenvalue weighted by Gasteiger charge is 2.45. The summed E-state index contributed by atoms with van der Waals surface area (Å²) < 4.78 is 125. The van der Waals surface area contributed by atoms with Gasteiger partial charge in [-0.3, -0.25) is 23.7 Å². The Balaban J connectivity index is 0.000000175. The number of nitrogens with zero attached hydrogens (tertiary/aromatic N) is 9. The van der Waals surface area contributed by atoms with E-state index >= 15 is 0 Å². The Labute approximate surface area is 596 Å². The average molecular weight is 1490 g/mol. The highest BCUT2D eigenvalue weighted by atomic mass is 32.2. The van der Waals surface area contributed by atoms with E-state index in [0.29, 0.717) is 92.4 Å². The summed E-state index contributed by atoms with van der Waals surface area (Å²) in [6.07, 6.45) is -0.164. The molecule has 3 aliphatic rings. The first-order valence-corrected chi connectivity index (χ1v) is 36.4. The molecular formula is C70H79F4N11O15S3. The molecule has 0 bridgehead atoms. The van der Waals surface area contributed by atoms with E-state index < -0.39 is 71.8 Å². The van der Waals surface area contributed by atoms with Gasteiger partial charge < -0.3 is 34.7 Å². The Kier molecular flexibility index (Phi) is 24.5. The van der Waals surface area contributed by atoms with Crippen LogP contribution in [0.3, 0.4) is 0 Å². The third-order valence-electron chi connectivity index (χ3n) is 16.6. The number of sulfone groups is 1. The molecule has 550 valence electrons. The van der Waals surface area contributed by atoms with Gasteiger partial charge in [0, 0.05) is 54.6 Å². The largest absolute Gasteiger partial charge is 0.493 e. The van der Waals surface area contributed by atoms with E-state index in [4.69, 9.17) is 41.8 Å². The second kappa shape index (κ2) is 32.0. The Morgan fingerprint density at radius 2 is 1.40 bits per heavy atom. The predicted octanol–water partition coefficient (Wildman–Crippen LogP) is 9.32. The maximum Gasteiger partial charge on any atom is 0.451 e. The number of benzene rings is 5. The molecule has 0 atom stereocenters. The van der Waals surface area contributed by atoms with Crippen LogP contribution in [0, 0.1) is 25.1 Å². The lowest BCUT2D eigenvalue weighted by molar-refractivity contribution is -0.147. The third-order valence-corrected chi connectivity index (χ3v) is 19.3. The molecule has 8 aromatic rings. The van der Waals surface area contributed by atoms with Gasteiger partial charge in [-0.2, -0.15) is 23.0 Å². The molecular weight excluding hydrogens is 1410 g/mol. The van der Waals surface area contributed by atoms with Crippen LogP contribution in [0.4, 0.5) is 23.2 Å². The first-order chi connectivity index (χ1) is 48.4. The number of halogens is 4. The minimum absolute atomic E-state index is 0.0493. The molecule has 0 saturated heterocycles. The fraction of sp³-hybridized carbons (Fsp3) is 0.371. The number of ketones is 1. The molecule has 0 fully saturated rings. The molecule has 6 heterocycles. The number of fused-ring (bicyclic) bond motifs is 1. The van der Waals surface area contributed by atoms with Gasteiger partial charge in [-0.25, -0.2) is 44.9 Å². The number of hydrogen-bond donors (Lipinski definition) is 3. The summed E-state index contributed by atoms with van der Waals surface area (Å²) in [6, 6.07) is 28.2. The van der Waals surface area contributed by atoms with E-state index in [-0.39, 0.29) is 64.7 Å². The zero-order valence-corrected chi connectivity index (χ0v) is 61.0. The quantitative estimate of drug-likeness (QED) is 0.0331. The van der Waals surface area contributed by atoms with Gasteiger partial charge in [-0.05, 0) is 108 Å². The van der Waals surface area contributed by atoms with Crippen molar-refractivity contribution >= 4 is 71.9 Å². The minimum Gasteiger partial charge on any atom is -0.493 e. The number of hydrogen-bond acceptors (Lipinski definition) is 20. The molecule has 0 saturated carbocycles. The number of esters is 2. The summed E-state index contributed by atoms with van der Waals surface area (Å²) in [5, 5.41) is 24.8. The lowest BCUT2D eigenvalue weighted by Gasteiger charge is -2.27. The number of aromatic hydroxyl groups is 1. The van der Waals surface area contributed by atoms with E-state index in [2.05, 4.69) is 58.1 Å². The van der Waals surface area contributed by atoms with Crippen LogP contribution in [0.1, 0.15) is 128 Å². The minimum atomic E-state index is -4.96. The number of carbonyl (C=O) groups is 3. The van der Waals surface area contributed by atoms with Crippen molar-refractivity contribution in [2.24, 2.45) is 35.6 Å². The van der Waals surface area contributed by atoms with Crippen molar-refractivity contribution in [3.63, 3.8) is 0 Å². The smallest absolute Gasteiger partial charge is 0.451 e. The number of thiocarbonyl (C=S) groups is 1. The summed E-state index contributed by atoms with van der Waals surface area (Å²) in [6.45, 7) is 19.0. The van der Waals surface area contributed by atoms with Crippen molar-refractivity contribution in [2.75, 3.05) is 43.2 Å². The zero-order valence-electron chi connectivity index (χ0n) is 58.6. The van der Waals surface area contributed by atoms with Crippen molar-refractivity contribution in [1.82, 2.24) is 33.5 Å². The predicted molar refractivity (Wildman–Crippen MR) is 379 cm³/mol. The van der Waals surface area contributed by atoms with Crippen molar-refractivity contribution in [2.45, 2.75) is 118 Å². The zero-order chi connectivity index (χ0) is 75.8. The van der Waals surface area contributed by atoms with E-state index in [9.17, 15) is 63.5 Å². The number of nitrogens with one attached hydrogen (secondary N) is 1. The number of oxime groups is 2. The van der Waals surface area contributed by atoms with Crippen LogP contribution >= 0.6 is 12.2 Å². The molecule has 3 aromatic heterocycles. The Morgan fingerprint density at radius 3 is 1.89 bits per heavy atom. The second-order valence-electron chi connectivity index (χ2n) is 24.9. The molecule has 26 nitrogen and oxygen atoms in total. The number of nitrogens with two attached hydrogens (primary N) is 1. The average Bonchev–Trinajstić information content (AvgIpc) is 1.80. The van der Waals surface area contributed by atoms with Crippen LogP contribution in [0.2, 0.25) is 0 Å². The molecule has 11 rings (SSSR count). The fourth-order valence-corrected chi connectivity index (χ4v) is 13.1. The molecule has 0 spiro atoms. The molecule has 0 aliphatic carbocycles. The van der Waals surface area contributed by atoms with Gasteiger partial charge >= 0.3 is 23.8 Å². The molecule has 103 heavy (non-hydrogen) atoms. The van der Waals surface area contributed by atoms with Crippen LogP contribution in [-0.2, 0) is 100 Å². The monoisotopic (exact) mass is 1490 g/mol. The van der Waals surface area contributed by atoms with Crippen LogP contribution in [0.5, 0.6) is 11.8 Å². The van der Waals surface area contributed by atoms with Crippen LogP contribution in [0.15, 0.2) is 128 Å². The molecule has 5 aromatic carbocycles. The van der Waals surface area contributed by atoms with Crippen LogP contribution < -0.4 is 26.4 Å². The molecule has 33 heteroatoms. The van der Waals surface area contributed by atoms with Gasteiger partial charge in [-0.15, -0.1) is 5.10 Å². The maximum absolute atomic E-state index is 14.4. The summed E-state index contributed by atoms with van der Waals surface area (Å²) in [7, 11) is -5.04. The summed E-state index contributed by atoms with van der Waals surface area (Å²) in [4.78, 5) is 73.7. The van der Waals surface area contributed by atoms with Gasteiger partial charge in [0.15, 0.2) is 26.9 Å². The first kappa shape index (κ1) is 78.6. The number of aryl methyl sites for hydroxylation is 4. The number of ether oxygens (including phenoxy) is 3. The van der Waals surface area contributed by atoms with E-state index in [1.54, 1.807) is 23.2 Å². The van der Waals surface area contributed by atoms with Crippen molar-refractivity contribution in [1.29, 1.82) is 0 Å². The standard InChI is InChI=1S/C23H32N2O4.C18H17NO3.C16H17N3O5S.C13H13F4N5O3S2/c1-7-16-13-15(3)14-17(8-2)18(16)19-20(26)24-9-11-28-12-10-25(24)21(19)29-22(27)23(4,5)6;1-2-21-17(20)16-13-18(22-19-16,14-9-5-3-6-10-14)15-11-7-4-8-12-15;1-9-10(15(20)11-8-17-19(2)16(11)21)4-5-13(25(3,22)23)14(9)12-6-7-24-18-12;1-3-27(24,25)20-8-5-9(7(14)4-6(8)10(18)26)22-12(23)21(2)11(19-22)13(15,16)17/h13-14H,7-12H2,1-6H3;3-12H,2,13H2,1H3;4-5,8,21H,6-7H2,1-3H3;4-5,20H,3H2,1-2H3,(H2,18,26). The van der Waals surface area contributed by atoms with E-state index in [0.717, 1.165) is 60.0 Å². The van der Waals surface area contributed by atoms with Crippen molar-refractivity contribution in [3.05, 3.63) is 191 Å². The lowest BCUT2D eigenvalue weighted by atomic mass is 9.82. The number of alkyl halides is 3. The summed E-state index contributed by atoms with van der Waals surface area (Å²) in [5.74, 6) is -4.20. The second-order valence-corrected chi connectivity index (χ2v) is 29.3. The lowest BCUT2D eigenvalue weighted by Crippen LogP contribution is -2.29. The topological polar surface area (TPSA) is 333 Å². The van der Waals surface area contributed by atoms with Gasteiger partial charge in [0.2, 0.25) is 27.6 Å². The number of rotatable bonds is 17. The molecule has 4 N–H and O–H groups in total.